The molecule has 0 aliphatic carbocycles. The van der Waals surface area contributed by atoms with Gasteiger partial charge in [0.25, 0.3) is 0 Å². The van der Waals surface area contributed by atoms with E-state index >= 15 is 0 Å². The fourth-order valence-electron chi connectivity index (χ4n) is 3.55. The lowest BCUT2D eigenvalue weighted by Gasteiger charge is -2.34. The van der Waals surface area contributed by atoms with Crippen LogP contribution in [0.5, 0.6) is 0 Å². The zero-order valence-corrected chi connectivity index (χ0v) is 20.7. The van der Waals surface area contributed by atoms with Crippen LogP contribution in [0.2, 0.25) is 0 Å². The normalized spacial score (nSPS) is 15.0. The zero-order valence-electron chi connectivity index (χ0n) is 18.4. The molecule has 166 valence electrons. The van der Waals surface area contributed by atoms with Crippen LogP contribution >= 0.6 is 24.0 Å². The number of nitrogens with zero attached hydrogens (tertiary/aromatic N) is 7. The summed E-state index contributed by atoms with van der Waals surface area (Å²) < 4.78 is 2.15. The Morgan fingerprint density at radius 1 is 1.17 bits per heavy atom. The molecular weight excluding hydrogens is 491 g/mol. The third-order valence-electron chi connectivity index (χ3n) is 5.25. The lowest BCUT2D eigenvalue weighted by atomic mass is 10.3. The molecule has 3 rings (SSSR count). The Kier molecular flexibility index (Phi) is 10.4. The summed E-state index contributed by atoms with van der Waals surface area (Å²) in [6.45, 7) is 9.81. The second-order valence-electron chi connectivity index (χ2n) is 7.43. The van der Waals surface area contributed by atoms with Gasteiger partial charge in [0.05, 0.1) is 6.54 Å². The molecule has 0 bridgehead atoms. The third kappa shape index (κ3) is 7.12. The van der Waals surface area contributed by atoms with E-state index in [9.17, 15) is 0 Å². The van der Waals surface area contributed by atoms with E-state index in [1.54, 1.807) is 0 Å². The van der Waals surface area contributed by atoms with Crippen LogP contribution in [0.1, 0.15) is 19.0 Å². The third-order valence-corrected chi connectivity index (χ3v) is 5.25. The molecule has 1 saturated heterocycles. The monoisotopic (exact) mass is 526 g/mol. The van der Waals surface area contributed by atoms with Crippen LogP contribution in [-0.4, -0.2) is 83.2 Å². The first-order valence-corrected chi connectivity index (χ1v) is 10.5. The Hall–Kier alpha value is -1.88. The van der Waals surface area contributed by atoms with E-state index in [1.807, 2.05) is 18.5 Å². The molecule has 0 radical (unpaired) electrons. The quantitative estimate of drug-likeness (QED) is 0.246. The number of hydrogen-bond acceptors (Lipinski definition) is 5. The first kappa shape index (κ1) is 24.4. The number of nitrogens with one attached hydrogen (secondary N) is 1. The van der Waals surface area contributed by atoms with Crippen LogP contribution in [0.15, 0.2) is 41.8 Å². The SMILES string of the molecule is CCNC(=NCCCN1CCN(c2ncccn2)CC1)N(C)Cc1cccn1C.I. The van der Waals surface area contributed by atoms with Crippen molar-refractivity contribution >= 4 is 35.9 Å². The van der Waals surface area contributed by atoms with Crippen LogP contribution < -0.4 is 10.2 Å². The van der Waals surface area contributed by atoms with Crippen molar-refractivity contribution in [2.24, 2.45) is 12.0 Å². The van der Waals surface area contributed by atoms with E-state index in [1.165, 1.54) is 5.69 Å². The first-order valence-electron chi connectivity index (χ1n) is 10.5. The molecule has 0 atom stereocenters. The minimum atomic E-state index is 0. The maximum atomic E-state index is 4.84. The number of anilines is 1. The van der Waals surface area contributed by atoms with Crippen molar-refractivity contribution in [2.75, 3.05) is 57.8 Å². The van der Waals surface area contributed by atoms with Gasteiger partial charge in [-0.25, -0.2) is 9.97 Å². The van der Waals surface area contributed by atoms with E-state index < -0.39 is 0 Å². The van der Waals surface area contributed by atoms with Gasteiger partial charge in [-0.3, -0.25) is 9.89 Å². The number of halogens is 1. The van der Waals surface area contributed by atoms with E-state index in [-0.39, 0.29) is 24.0 Å². The maximum absolute atomic E-state index is 4.84. The van der Waals surface area contributed by atoms with E-state index in [0.29, 0.717) is 0 Å². The molecule has 1 aliphatic rings. The lowest BCUT2D eigenvalue weighted by Crippen LogP contribution is -2.47. The van der Waals surface area contributed by atoms with E-state index in [2.05, 4.69) is 73.9 Å². The Balaban J connectivity index is 0.00000320. The molecule has 9 heteroatoms. The number of aryl methyl sites for hydroxylation is 1. The topological polar surface area (TPSA) is 64.8 Å². The van der Waals surface area contributed by atoms with Crippen molar-refractivity contribution < 1.29 is 0 Å². The molecule has 1 N–H and O–H groups in total. The molecular formula is C21H35IN8. The van der Waals surface area contributed by atoms with Crippen molar-refractivity contribution in [1.29, 1.82) is 0 Å². The van der Waals surface area contributed by atoms with Gasteiger partial charge in [-0.2, -0.15) is 0 Å². The summed E-state index contributed by atoms with van der Waals surface area (Å²) in [5.74, 6) is 1.81. The Morgan fingerprint density at radius 2 is 1.90 bits per heavy atom. The average Bonchev–Trinajstić information content (AvgIpc) is 3.15. The number of rotatable bonds is 8. The second kappa shape index (κ2) is 12.7. The summed E-state index contributed by atoms with van der Waals surface area (Å²) in [7, 11) is 4.18. The van der Waals surface area contributed by atoms with Crippen molar-refractivity contribution in [3.8, 4) is 0 Å². The summed E-state index contributed by atoms with van der Waals surface area (Å²) in [6, 6.07) is 6.09. The van der Waals surface area contributed by atoms with Crippen LogP contribution in [0.25, 0.3) is 0 Å². The van der Waals surface area contributed by atoms with Crippen molar-refractivity contribution in [3.05, 3.63) is 42.5 Å². The van der Waals surface area contributed by atoms with Crippen LogP contribution in [0.4, 0.5) is 5.95 Å². The maximum Gasteiger partial charge on any atom is 0.225 e. The van der Waals surface area contributed by atoms with Crippen LogP contribution in [0, 0.1) is 0 Å². The minimum absolute atomic E-state index is 0. The van der Waals surface area contributed by atoms with Crippen molar-refractivity contribution in [1.82, 2.24) is 29.7 Å². The Bertz CT molecular complexity index is 755. The largest absolute Gasteiger partial charge is 0.357 e. The smallest absolute Gasteiger partial charge is 0.225 e. The highest BCUT2D eigenvalue weighted by Gasteiger charge is 2.18. The lowest BCUT2D eigenvalue weighted by molar-refractivity contribution is 0.255. The first-order chi connectivity index (χ1) is 14.2. The highest BCUT2D eigenvalue weighted by atomic mass is 127. The van der Waals surface area contributed by atoms with Gasteiger partial charge < -0.3 is 19.7 Å². The molecule has 1 fully saturated rings. The molecule has 3 heterocycles. The van der Waals surface area contributed by atoms with Gasteiger partial charge in [-0.15, -0.1) is 24.0 Å². The zero-order chi connectivity index (χ0) is 20.5. The fraction of sp³-hybridized carbons (Fsp3) is 0.571. The van der Waals surface area contributed by atoms with Gasteiger partial charge in [0.15, 0.2) is 5.96 Å². The number of aliphatic imine (C=N–C) groups is 1. The molecule has 0 saturated carbocycles. The molecule has 30 heavy (non-hydrogen) atoms. The van der Waals surface area contributed by atoms with Gasteiger partial charge in [0.2, 0.25) is 5.95 Å². The highest BCUT2D eigenvalue weighted by Crippen LogP contribution is 2.10. The van der Waals surface area contributed by atoms with Gasteiger partial charge >= 0.3 is 0 Å². The Morgan fingerprint density at radius 3 is 2.53 bits per heavy atom. The van der Waals surface area contributed by atoms with E-state index in [4.69, 9.17) is 4.99 Å². The molecule has 2 aromatic rings. The predicted octanol–water partition coefficient (Wildman–Crippen LogP) is 2.04. The second-order valence-corrected chi connectivity index (χ2v) is 7.43. The molecule has 1 aliphatic heterocycles. The average molecular weight is 526 g/mol. The predicted molar refractivity (Wildman–Crippen MR) is 134 cm³/mol. The molecule has 0 spiro atoms. The number of piperazine rings is 1. The number of guanidine groups is 1. The highest BCUT2D eigenvalue weighted by molar-refractivity contribution is 14.0. The van der Waals surface area contributed by atoms with Gasteiger partial charge in [0.1, 0.15) is 0 Å². The van der Waals surface area contributed by atoms with Crippen molar-refractivity contribution in [3.63, 3.8) is 0 Å². The Labute approximate surface area is 197 Å². The summed E-state index contributed by atoms with van der Waals surface area (Å²) >= 11 is 0. The molecule has 0 aromatic carbocycles. The molecule has 2 aromatic heterocycles. The molecule has 8 nitrogen and oxygen atoms in total. The number of aromatic nitrogens is 3. The number of hydrogen-bond donors (Lipinski definition) is 1. The summed E-state index contributed by atoms with van der Waals surface area (Å²) in [6.07, 6.45) is 6.76. The van der Waals surface area contributed by atoms with E-state index in [0.717, 1.165) is 70.7 Å². The summed E-state index contributed by atoms with van der Waals surface area (Å²) in [5.41, 5.74) is 1.28. The van der Waals surface area contributed by atoms with Crippen molar-refractivity contribution in [2.45, 2.75) is 19.9 Å². The molecule has 0 unspecified atom stereocenters. The van der Waals surface area contributed by atoms with Crippen LogP contribution in [0.3, 0.4) is 0 Å². The summed E-state index contributed by atoms with van der Waals surface area (Å²) in [5, 5.41) is 3.41. The van der Waals surface area contributed by atoms with Gasteiger partial charge in [0, 0.05) is 84.2 Å². The minimum Gasteiger partial charge on any atom is -0.357 e. The molecule has 0 amide bonds. The standard InChI is InChI=1S/C21H34N8.HI/c1-4-22-20(27(3)18-19-8-5-12-26(19)2)23-11-7-13-28-14-16-29(17-15-28)21-24-9-6-10-25-21;/h5-6,8-10,12H,4,7,11,13-18H2,1-3H3,(H,22,23);1H. The van der Waals surface area contributed by atoms with Gasteiger partial charge in [-0.05, 0) is 31.5 Å². The van der Waals surface area contributed by atoms with Crippen LogP contribution in [-0.2, 0) is 13.6 Å². The van der Waals surface area contributed by atoms with Gasteiger partial charge in [-0.1, -0.05) is 0 Å². The summed E-state index contributed by atoms with van der Waals surface area (Å²) in [4.78, 5) is 20.5. The fourth-order valence-corrected chi connectivity index (χ4v) is 3.55.